The molecule has 1 aliphatic heterocycles. The summed E-state index contributed by atoms with van der Waals surface area (Å²) >= 11 is 1.19. The first-order chi connectivity index (χ1) is 15.9. The van der Waals surface area contributed by atoms with Crippen molar-refractivity contribution < 1.29 is 29.0 Å². The molecule has 0 aliphatic carbocycles. The number of hydrogen-bond donors (Lipinski definition) is 3. The van der Waals surface area contributed by atoms with Gasteiger partial charge in [0.1, 0.15) is 0 Å². The Hall–Kier alpha value is -4.06. The Morgan fingerprint density at radius 2 is 1.79 bits per heavy atom. The Bertz CT molecular complexity index is 1210. The first kappa shape index (κ1) is 22.1. The van der Waals surface area contributed by atoms with E-state index in [1.807, 2.05) is 0 Å². The lowest BCUT2D eigenvalue weighted by molar-refractivity contribution is -0.113. The van der Waals surface area contributed by atoms with Gasteiger partial charge in [-0.3, -0.25) is 9.59 Å². The summed E-state index contributed by atoms with van der Waals surface area (Å²) in [5, 5.41) is 23.0. The second kappa shape index (κ2) is 9.61. The van der Waals surface area contributed by atoms with Crippen molar-refractivity contribution >= 4 is 35.2 Å². The van der Waals surface area contributed by atoms with Crippen LogP contribution in [0.1, 0.15) is 26.5 Å². The van der Waals surface area contributed by atoms with Crippen molar-refractivity contribution in [3.63, 3.8) is 0 Å². The monoisotopic (exact) mass is 469 g/mol. The standard InChI is InChI=1S/C21H19N5O6S/c1-26-17(9-22-19(28)13-4-7-15-16(8-13)32-11-31-15)24-25-21(26)33-10-18(27)23-14-5-2-12(3-6-14)20(29)30/h2-8H,9-11H2,1H3,(H,22,28)(H,23,27)(H,29,30). The summed E-state index contributed by atoms with van der Waals surface area (Å²) in [5.74, 6) is 0.127. The smallest absolute Gasteiger partial charge is 0.335 e. The minimum absolute atomic E-state index is 0.0796. The number of anilines is 1. The van der Waals surface area contributed by atoms with Gasteiger partial charge in [0.2, 0.25) is 12.7 Å². The van der Waals surface area contributed by atoms with E-state index < -0.39 is 5.97 Å². The largest absolute Gasteiger partial charge is 0.478 e. The third-order valence-corrected chi connectivity index (χ3v) is 5.74. The van der Waals surface area contributed by atoms with Crippen molar-refractivity contribution in [2.24, 2.45) is 7.05 Å². The summed E-state index contributed by atoms with van der Waals surface area (Å²) in [4.78, 5) is 35.5. The Morgan fingerprint density at radius 1 is 1.06 bits per heavy atom. The summed E-state index contributed by atoms with van der Waals surface area (Å²) in [5.41, 5.74) is 1.07. The number of benzene rings is 2. The Balaban J connectivity index is 1.28. The van der Waals surface area contributed by atoms with Crippen LogP contribution in [0.3, 0.4) is 0 Å². The van der Waals surface area contributed by atoms with E-state index in [-0.39, 0.29) is 36.5 Å². The van der Waals surface area contributed by atoms with Gasteiger partial charge in [-0.25, -0.2) is 4.79 Å². The molecule has 3 aromatic rings. The molecular formula is C21H19N5O6S. The molecule has 0 saturated carbocycles. The zero-order valence-corrected chi connectivity index (χ0v) is 18.2. The van der Waals surface area contributed by atoms with Crippen LogP contribution in [0.25, 0.3) is 0 Å². The minimum Gasteiger partial charge on any atom is -0.478 e. The van der Waals surface area contributed by atoms with Crippen LogP contribution in [0, 0.1) is 0 Å². The summed E-state index contributed by atoms with van der Waals surface area (Å²) in [6.45, 7) is 0.286. The first-order valence-corrected chi connectivity index (χ1v) is 10.7. The van der Waals surface area contributed by atoms with Crippen LogP contribution in [0.4, 0.5) is 5.69 Å². The second-order valence-corrected chi connectivity index (χ2v) is 7.87. The number of carboxylic acid groups (broad SMARTS) is 1. The average molecular weight is 469 g/mol. The molecule has 0 fully saturated rings. The van der Waals surface area contributed by atoms with Gasteiger partial charge >= 0.3 is 5.97 Å². The van der Waals surface area contributed by atoms with Gasteiger partial charge in [-0.05, 0) is 42.5 Å². The van der Waals surface area contributed by atoms with Crippen molar-refractivity contribution in [3.8, 4) is 11.5 Å². The fourth-order valence-electron chi connectivity index (χ4n) is 2.95. The fraction of sp³-hybridized carbons (Fsp3) is 0.190. The van der Waals surface area contributed by atoms with Gasteiger partial charge in [-0.2, -0.15) is 0 Å². The first-order valence-electron chi connectivity index (χ1n) is 9.73. The molecule has 2 aromatic carbocycles. The molecule has 2 heterocycles. The van der Waals surface area contributed by atoms with E-state index in [2.05, 4.69) is 20.8 Å². The molecule has 3 N–H and O–H groups in total. The van der Waals surface area contributed by atoms with Crippen LogP contribution in [0.2, 0.25) is 0 Å². The molecule has 170 valence electrons. The van der Waals surface area contributed by atoms with Crippen molar-refractivity contribution in [1.29, 1.82) is 0 Å². The van der Waals surface area contributed by atoms with Crippen LogP contribution < -0.4 is 20.1 Å². The summed E-state index contributed by atoms with van der Waals surface area (Å²) < 4.78 is 12.2. The molecule has 1 aliphatic rings. The number of amides is 2. The third kappa shape index (κ3) is 5.23. The molecule has 12 heteroatoms. The maximum Gasteiger partial charge on any atom is 0.335 e. The molecule has 0 radical (unpaired) electrons. The quantitative estimate of drug-likeness (QED) is 0.421. The van der Waals surface area contributed by atoms with Gasteiger partial charge < -0.3 is 29.8 Å². The lowest BCUT2D eigenvalue weighted by Gasteiger charge is -2.07. The topological polar surface area (TPSA) is 145 Å². The van der Waals surface area contributed by atoms with E-state index in [4.69, 9.17) is 14.6 Å². The van der Waals surface area contributed by atoms with Gasteiger partial charge in [-0.1, -0.05) is 11.8 Å². The molecule has 0 atom stereocenters. The number of ether oxygens (including phenoxy) is 2. The number of thioether (sulfide) groups is 1. The van der Waals surface area contributed by atoms with Crippen LogP contribution in [-0.4, -0.2) is 50.2 Å². The average Bonchev–Trinajstić information content (AvgIpc) is 3.42. The van der Waals surface area contributed by atoms with Crippen molar-refractivity contribution in [3.05, 3.63) is 59.4 Å². The molecule has 0 unspecified atom stereocenters. The molecule has 1 aromatic heterocycles. The normalized spacial score (nSPS) is 11.8. The highest BCUT2D eigenvalue weighted by Crippen LogP contribution is 2.32. The van der Waals surface area contributed by atoms with Crippen molar-refractivity contribution in [1.82, 2.24) is 20.1 Å². The molecule has 4 rings (SSSR count). The summed E-state index contributed by atoms with van der Waals surface area (Å²) in [7, 11) is 1.74. The number of carbonyl (C=O) groups excluding carboxylic acids is 2. The van der Waals surface area contributed by atoms with E-state index in [0.29, 0.717) is 33.7 Å². The molecule has 0 bridgehead atoms. The molecule has 11 nitrogen and oxygen atoms in total. The molecule has 0 spiro atoms. The van der Waals surface area contributed by atoms with E-state index in [1.54, 1.807) is 29.8 Å². The summed E-state index contributed by atoms with van der Waals surface area (Å²) in [6, 6.07) is 10.8. The van der Waals surface area contributed by atoms with E-state index in [1.165, 1.54) is 36.0 Å². The maximum absolute atomic E-state index is 12.4. The fourth-order valence-corrected chi connectivity index (χ4v) is 3.68. The molecule has 0 saturated heterocycles. The van der Waals surface area contributed by atoms with Crippen LogP contribution in [0.15, 0.2) is 47.6 Å². The number of fused-ring (bicyclic) bond motifs is 1. The van der Waals surface area contributed by atoms with Crippen LogP contribution >= 0.6 is 11.8 Å². The van der Waals surface area contributed by atoms with E-state index in [0.717, 1.165) is 0 Å². The van der Waals surface area contributed by atoms with E-state index in [9.17, 15) is 14.4 Å². The number of nitrogens with zero attached hydrogens (tertiary/aromatic N) is 3. The lowest BCUT2D eigenvalue weighted by atomic mass is 10.2. The van der Waals surface area contributed by atoms with Crippen molar-refractivity contribution in [2.75, 3.05) is 17.9 Å². The number of nitrogens with one attached hydrogen (secondary N) is 2. The minimum atomic E-state index is -1.03. The number of aromatic nitrogens is 3. The number of carbonyl (C=O) groups is 3. The number of hydrogen-bond acceptors (Lipinski definition) is 8. The Morgan fingerprint density at radius 3 is 2.55 bits per heavy atom. The van der Waals surface area contributed by atoms with Crippen LogP contribution in [0.5, 0.6) is 11.5 Å². The van der Waals surface area contributed by atoms with Gasteiger partial charge in [0.05, 0.1) is 17.9 Å². The maximum atomic E-state index is 12.4. The Kier molecular flexibility index (Phi) is 6.45. The molecule has 2 amide bonds. The van der Waals surface area contributed by atoms with E-state index >= 15 is 0 Å². The second-order valence-electron chi connectivity index (χ2n) is 6.93. The molecular weight excluding hydrogens is 450 g/mol. The van der Waals surface area contributed by atoms with Gasteiger partial charge in [-0.15, -0.1) is 10.2 Å². The molecule has 33 heavy (non-hydrogen) atoms. The highest BCUT2D eigenvalue weighted by Gasteiger charge is 2.17. The highest BCUT2D eigenvalue weighted by molar-refractivity contribution is 7.99. The van der Waals surface area contributed by atoms with Crippen molar-refractivity contribution in [2.45, 2.75) is 11.7 Å². The number of aromatic carboxylic acids is 1. The van der Waals surface area contributed by atoms with Gasteiger partial charge in [0.25, 0.3) is 5.91 Å². The Labute approximate surface area is 192 Å². The van der Waals surface area contributed by atoms with Crippen LogP contribution in [-0.2, 0) is 18.4 Å². The number of carboxylic acids is 1. The predicted octanol–water partition coefficient (Wildman–Crippen LogP) is 1.90. The lowest BCUT2D eigenvalue weighted by Crippen LogP contribution is -2.24. The number of rotatable bonds is 8. The zero-order chi connectivity index (χ0) is 23.4. The third-order valence-electron chi connectivity index (χ3n) is 4.71. The van der Waals surface area contributed by atoms with Gasteiger partial charge in [0.15, 0.2) is 22.5 Å². The van der Waals surface area contributed by atoms with Gasteiger partial charge in [0, 0.05) is 18.3 Å². The zero-order valence-electron chi connectivity index (χ0n) is 17.4. The predicted molar refractivity (Wildman–Crippen MR) is 117 cm³/mol. The SMILES string of the molecule is Cn1c(CNC(=O)c2ccc3c(c2)OCO3)nnc1SCC(=O)Nc1ccc(C(=O)O)cc1. The summed E-state index contributed by atoms with van der Waals surface area (Å²) in [6.07, 6.45) is 0. The highest BCUT2D eigenvalue weighted by atomic mass is 32.2.